The molecule has 0 aromatic rings. The Labute approximate surface area is 78.9 Å². The van der Waals surface area contributed by atoms with Crippen LogP contribution >= 0.6 is 11.6 Å². The molecule has 0 N–H and O–H groups in total. The molecule has 0 aromatic heterocycles. The molecule has 1 heterocycles. The lowest BCUT2D eigenvalue weighted by atomic mass is 9.91. The van der Waals surface area contributed by atoms with E-state index in [0.717, 1.165) is 31.3 Å². The third kappa shape index (κ3) is 1.51. The van der Waals surface area contributed by atoms with E-state index in [0.29, 0.717) is 13.2 Å². The summed E-state index contributed by atoms with van der Waals surface area (Å²) in [4.78, 5) is 0. The van der Waals surface area contributed by atoms with Crippen molar-refractivity contribution in [2.24, 2.45) is 0 Å². The summed E-state index contributed by atoms with van der Waals surface area (Å²) in [5, 5.41) is 0. The minimum Gasteiger partial charge on any atom is -0.348 e. The smallest absolute Gasteiger partial charge is 0.169 e. The quantitative estimate of drug-likeness (QED) is 0.583. The summed E-state index contributed by atoms with van der Waals surface area (Å²) in [6, 6.07) is 0. The van der Waals surface area contributed by atoms with Gasteiger partial charge in [0.05, 0.1) is 14.6 Å². The number of hydrogen-bond donors (Lipinski definition) is 0. The minimum atomic E-state index is -0.337. The molecule has 0 amide bonds. The van der Waals surface area contributed by atoms with Gasteiger partial charge in [0, 0.05) is 18.4 Å². The maximum atomic E-state index is 7.29. The Kier molecular flexibility index (Phi) is 2.06. The second-order valence-electron chi connectivity index (χ2n) is 3.31. The van der Waals surface area contributed by atoms with Crippen molar-refractivity contribution in [2.45, 2.75) is 31.5 Å². The van der Waals surface area contributed by atoms with E-state index >= 15 is 0 Å². The van der Waals surface area contributed by atoms with Crippen molar-refractivity contribution >= 4 is 11.6 Å². The van der Waals surface area contributed by atoms with E-state index in [4.69, 9.17) is 22.4 Å². The molecule has 1 saturated heterocycles. The maximum Gasteiger partial charge on any atom is 0.169 e. The van der Waals surface area contributed by atoms with Gasteiger partial charge in [0.2, 0.25) is 0 Å². The number of ether oxygens (including phenoxy) is 2. The Morgan fingerprint density at radius 3 is 2.42 bits per heavy atom. The molecular formula is C9H13ClO2. The van der Waals surface area contributed by atoms with E-state index in [9.17, 15) is 0 Å². The number of halogens is 1. The van der Waals surface area contributed by atoms with Crippen LogP contribution in [0.1, 0.15) is 27.1 Å². The van der Waals surface area contributed by atoms with Crippen LogP contribution in [0.2, 0.25) is 0 Å². The standard InChI is InChI=1S/C9H13ClO2/c10-7-8-1-3-9(4-2-8)11-5-6-12-9/h7H,1-6H2/i7D. The molecule has 1 aliphatic carbocycles. The summed E-state index contributed by atoms with van der Waals surface area (Å²) >= 11 is 5.62. The monoisotopic (exact) mass is 189 g/mol. The third-order valence-electron chi connectivity index (χ3n) is 2.56. The zero-order valence-electron chi connectivity index (χ0n) is 7.94. The molecule has 0 aromatic carbocycles. The average Bonchev–Trinajstić information content (AvgIpc) is 2.54. The van der Waals surface area contributed by atoms with E-state index in [2.05, 4.69) is 0 Å². The molecule has 2 nitrogen and oxygen atoms in total. The van der Waals surface area contributed by atoms with Gasteiger partial charge >= 0.3 is 0 Å². The lowest BCUT2D eigenvalue weighted by Crippen LogP contribution is -2.32. The van der Waals surface area contributed by atoms with Crippen molar-refractivity contribution in [3.63, 3.8) is 0 Å². The third-order valence-corrected chi connectivity index (χ3v) is 2.83. The molecule has 0 radical (unpaired) electrons. The first-order valence-electron chi connectivity index (χ1n) is 4.84. The molecule has 68 valence electrons. The van der Waals surface area contributed by atoms with Crippen molar-refractivity contribution in [3.8, 4) is 0 Å². The zero-order chi connectivity index (χ0) is 9.31. The van der Waals surface area contributed by atoms with Gasteiger partial charge in [-0.2, -0.15) is 0 Å². The van der Waals surface area contributed by atoms with Crippen LogP contribution in [-0.4, -0.2) is 19.0 Å². The van der Waals surface area contributed by atoms with E-state index in [-0.39, 0.29) is 11.3 Å². The number of hydrogen-bond acceptors (Lipinski definition) is 2. The summed E-state index contributed by atoms with van der Waals surface area (Å²) in [6.45, 7) is 1.40. The second-order valence-corrected chi connectivity index (χ2v) is 3.49. The van der Waals surface area contributed by atoms with Gasteiger partial charge in [0.1, 0.15) is 0 Å². The van der Waals surface area contributed by atoms with Crippen molar-refractivity contribution in [2.75, 3.05) is 13.2 Å². The average molecular weight is 190 g/mol. The summed E-state index contributed by atoms with van der Waals surface area (Å²) in [6.07, 6.45) is 3.36. The van der Waals surface area contributed by atoms with Crippen molar-refractivity contribution < 1.29 is 10.8 Å². The summed E-state index contributed by atoms with van der Waals surface area (Å²) in [5.74, 6) is -0.337. The number of allylic oxidation sites excluding steroid dienone is 1. The first kappa shape index (κ1) is 7.36. The molecule has 2 aliphatic rings. The lowest BCUT2D eigenvalue weighted by molar-refractivity contribution is -0.171. The Balaban J connectivity index is 1.99. The predicted molar refractivity (Wildman–Crippen MR) is 47.0 cm³/mol. The van der Waals surface area contributed by atoms with Gasteiger partial charge in [-0.1, -0.05) is 17.2 Å². The van der Waals surface area contributed by atoms with Crippen LogP contribution in [0.3, 0.4) is 0 Å². The topological polar surface area (TPSA) is 18.5 Å². The highest BCUT2D eigenvalue weighted by Crippen LogP contribution is 2.37. The Morgan fingerprint density at radius 1 is 1.33 bits per heavy atom. The predicted octanol–water partition coefficient (Wildman–Crippen LogP) is 2.43. The first-order valence-corrected chi connectivity index (χ1v) is 4.72. The van der Waals surface area contributed by atoms with Crippen molar-refractivity contribution in [3.05, 3.63) is 11.1 Å². The first-order chi connectivity index (χ1) is 6.22. The zero-order valence-corrected chi connectivity index (χ0v) is 7.69. The SMILES string of the molecule is [2H]C(Cl)=C1CCC2(CC1)OCCO2. The van der Waals surface area contributed by atoms with Gasteiger partial charge in [-0.3, -0.25) is 0 Å². The van der Waals surface area contributed by atoms with Crippen LogP contribution in [-0.2, 0) is 9.47 Å². The van der Waals surface area contributed by atoms with Crippen LogP contribution in [0.15, 0.2) is 11.1 Å². The van der Waals surface area contributed by atoms with Crippen molar-refractivity contribution in [1.29, 1.82) is 0 Å². The van der Waals surface area contributed by atoms with Gasteiger partial charge in [0.15, 0.2) is 5.79 Å². The fraction of sp³-hybridized carbons (Fsp3) is 0.778. The van der Waals surface area contributed by atoms with Crippen LogP contribution < -0.4 is 0 Å². The highest BCUT2D eigenvalue weighted by Gasteiger charge is 2.38. The highest BCUT2D eigenvalue weighted by atomic mass is 35.5. The fourth-order valence-electron chi connectivity index (χ4n) is 1.81. The maximum absolute atomic E-state index is 7.29. The van der Waals surface area contributed by atoms with Gasteiger partial charge in [-0.15, -0.1) is 0 Å². The molecule has 12 heavy (non-hydrogen) atoms. The van der Waals surface area contributed by atoms with Crippen LogP contribution in [0, 0.1) is 0 Å². The van der Waals surface area contributed by atoms with E-state index in [1.807, 2.05) is 0 Å². The molecule has 0 bridgehead atoms. The molecule has 0 atom stereocenters. The van der Waals surface area contributed by atoms with Gasteiger partial charge in [-0.25, -0.2) is 0 Å². The van der Waals surface area contributed by atoms with E-state index in [1.54, 1.807) is 0 Å². The van der Waals surface area contributed by atoms with Gasteiger partial charge < -0.3 is 9.47 Å². The van der Waals surface area contributed by atoms with Crippen molar-refractivity contribution in [1.82, 2.24) is 0 Å². The summed E-state index contributed by atoms with van der Waals surface area (Å²) < 4.78 is 18.4. The highest BCUT2D eigenvalue weighted by molar-refractivity contribution is 6.25. The molecule has 1 saturated carbocycles. The Morgan fingerprint density at radius 2 is 1.92 bits per heavy atom. The molecule has 2 fully saturated rings. The molecule has 2 rings (SSSR count). The second kappa shape index (κ2) is 3.36. The van der Waals surface area contributed by atoms with Gasteiger partial charge in [0.25, 0.3) is 0 Å². The fourth-order valence-corrected chi connectivity index (χ4v) is 2.00. The Bertz CT molecular complexity index is 218. The van der Waals surface area contributed by atoms with E-state index < -0.39 is 0 Å². The molecular weight excluding hydrogens is 176 g/mol. The normalized spacial score (nSPS) is 29.1. The van der Waals surface area contributed by atoms with Crippen LogP contribution in [0.4, 0.5) is 0 Å². The van der Waals surface area contributed by atoms with E-state index in [1.165, 1.54) is 0 Å². The molecule has 1 aliphatic heterocycles. The Hall–Kier alpha value is -0.0500. The molecule has 3 heteroatoms. The lowest BCUT2D eigenvalue weighted by Gasteiger charge is -2.32. The molecule has 1 spiro atoms. The number of rotatable bonds is 0. The minimum absolute atomic E-state index is 0.202. The van der Waals surface area contributed by atoms with Crippen LogP contribution in [0.25, 0.3) is 0 Å². The largest absolute Gasteiger partial charge is 0.348 e. The van der Waals surface area contributed by atoms with Crippen LogP contribution in [0.5, 0.6) is 0 Å². The summed E-state index contributed by atoms with van der Waals surface area (Å²) in [5.41, 5.74) is 1.24. The summed E-state index contributed by atoms with van der Waals surface area (Å²) in [7, 11) is 0. The van der Waals surface area contributed by atoms with Gasteiger partial charge in [-0.05, 0) is 12.8 Å². The molecule has 0 unspecified atom stereocenters.